The molecule has 4 rings (SSSR count). The number of hydrogen-bond acceptors (Lipinski definition) is 2. The Morgan fingerprint density at radius 1 is 1.05 bits per heavy atom. The maximum atomic E-state index is 4.61. The SMILES string of the molecule is Cl.c1ccc2c(c1)CCC[C@H]2Nc1nc2ccccc2[nH]1. The first-order valence-electron chi connectivity index (χ1n) is 7.19. The summed E-state index contributed by atoms with van der Waals surface area (Å²) in [4.78, 5) is 7.96. The third-order valence-electron chi connectivity index (χ3n) is 4.07. The molecule has 108 valence electrons. The number of rotatable bonds is 2. The lowest BCUT2D eigenvalue weighted by Crippen LogP contribution is -2.17. The molecule has 1 aromatic heterocycles. The lowest BCUT2D eigenvalue weighted by molar-refractivity contribution is 0.597. The van der Waals surface area contributed by atoms with Gasteiger partial charge in [0.2, 0.25) is 5.95 Å². The summed E-state index contributed by atoms with van der Waals surface area (Å²) >= 11 is 0. The van der Waals surface area contributed by atoms with E-state index in [4.69, 9.17) is 0 Å². The number of aromatic nitrogens is 2. The Balaban J connectivity index is 0.00000132. The van der Waals surface area contributed by atoms with E-state index in [0.29, 0.717) is 6.04 Å². The van der Waals surface area contributed by atoms with Crippen LogP contribution in [0.1, 0.15) is 30.0 Å². The van der Waals surface area contributed by atoms with Gasteiger partial charge in [0.1, 0.15) is 0 Å². The second-order valence-electron chi connectivity index (χ2n) is 5.39. The predicted molar refractivity (Wildman–Crippen MR) is 89.1 cm³/mol. The van der Waals surface area contributed by atoms with E-state index in [2.05, 4.69) is 45.6 Å². The van der Waals surface area contributed by atoms with Gasteiger partial charge in [0.25, 0.3) is 0 Å². The molecule has 0 saturated carbocycles. The number of nitrogens with zero attached hydrogens (tertiary/aromatic N) is 1. The van der Waals surface area contributed by atoms with Gasteiger partial charge in [0.15, 0.2) is 0 Å². The van der Waals surface area contributed by atoms with Crippen molar-refractivity contribution in [1.82, 2.24) is 9.97 Å². The van der Waals surface area contributed by atoms with E-state index < -0.39 is 0 Å². The molecular weight excluding hydrogens is 282 g/mol. The van der Waals surface area contributed by atoms with Gasteiger partial charge in [0, 0.05) is 0 Å². The molecular formula is C17H18ClN3. The highest BCUT2D eigenvalue weighted by atomic mass is 35.5. The van der Waals surface area contributed by atoms with E-state index in [-0.39, 0.29) is 12.4 Å². The van der Waals surface area contributed by atoms with Crippen LogP contribution in [0.2, 0.25) is 0 Å². The second-order valence-corrected chi connectivity index (χ2v) is 5.39. The summed E-state index contributed by atoms with van der Waals surface area (Å²) in [6.07, 6.45) is 3.58. The number of hydrogen-bond donors (Lipinski definition) is 2. The summed E-state index contributed by atoms with van der Waals surface area (Å²) in [5, 5.41) is 3.56. The van der Waals surface area contributed by atoms with E-state index in [9.17, 15) is 0 Å². The van der Waals surface area contributed by atoms with Gasteiger partial charge in [-0.25, -0.2) is 4.98 Å². The highest BCUT2D eigenvalue weighted by Gasteiger charge is 2.20. The smallest absolute Gasteiger partial charge is 0.201 e. The van der Waals surface area contributed by atoms with E-state index in [0.717, 1.165) is 23.4 Å². The molecule has 2 N–H and O–H groups in total. The van der Waals surface area contributed by atoms with Gasteiger partial charge >= 0.3 is 0 Å². The fourth-order valence-electron chi connectivity index (χ4n) is 3.09. The zero-order valence-electron chi connectivity index (χ0n) is 11.7. The highest BCUT2D eigenvalue weighted by Crippen LogP contribution is 2.32. The lowest BCUT2D eigenvalue weighted by atomic mass is 9.88. The van der Waals surface area contributed by atoms with E-state index in [1.165, 1.54) is 24.0 Å². The normalized spacial score (nSPS) is 17.0. The van der Waals surface area contributed by atoms with Crippen LogP contribution in [-0.4, -0.2) is 9.97 Å². The van der Waals surface area contributed by atoms with Crippen molar-refractivity contribution in [2.24, 2.45) is 0 Å². The van der Waals surface area contributed by atoms with Crippen LogP contribution in [-0.2, 0) is 6.42 Å². The van der Waals surface area contributed by atoms with E-state index in [1.54, 1.807) is 0 Å². The molecule has 4 heteroatoms. The van der Waals surface area contributed by atoms with Crippen molar-refractivity contribution in [3.63, 3.8) is 0 Å². The minimum absolute atomic E-state index is 0. The molecule has 0 bridgehead atoms. The first kappa shape index (κ1) is 14.0. The van der Waals surface area contributed by atoms with Crippen molar-refractivity contribution in [2.75, 3.05) is 5.32 Å². The molecule has 1 atom stereocenters. The molecule has 21 heavy (non-hydrogen) atoms. The first-order chi connectivity index (χ1) is 9.90. The van der Waals surface area contributed by atoms with Gasteiger partial charge in [-0.15, -0.1) is 12.4 Å². The van der Waals surface area contributed by atoms with Crippen molar-refractivity contribution < 1.29 is 0 Å². The quantitative estimate of drug-likeness (QED) is 0.733. The molecule has 0 radical (unpaired) electrons. The zero-order valence-corrected chi connectivity index (χ0v) is 12.5. The Kier molecular flexibility index (Phi) is 3.84. The van der Waals surface area contributed by atoms with Crippen LogP contribution in [0.5, 0.6) is 0 Å². The van der Waals surface area contributed by atoms with Gasteiger partial charge in [-0.05, 0) is 42.5 Å². The summed E-state index contributed by atoms with van der Waals surface area (Å²) in [7, 11) is 0. The molecule has 3 nitrogen and oxygen atoms in total. The molecule has 0 aliphatic heterocycles. The van der Waals surface area contributed by atoms with Crippen molar-refractivity contribution >= 4 is 29.4 Å². The highest BCUT2D eigenvalue weighted by molar-refractivity contribution is 5.85. The topological polar surface area (TPSA) is 40.7 Å². The first-order valence-corrected chi connectivity index (χ1v) is 7.19. The third-order valence-corrected chi connectivity index (χ3v) is 4.07. The van der Waals surface area contributed by atoms with Crippen LogP contribution < -0.4 is 5.32 Å². The maximum absolute atomic E-state index is 4.61. The molecule has 3 aromatic rings. The lowest BCUT2D eigenvalue weighted by Gasteiger charge is -2.26. The minimum atomic E-state index is 0. The molecule has 0 amide bonds. The van der Waals surface area contributed by atoms with Crippen molar-refractivity contribution in [3.05, 3.63) is 59.7 Å². The van der Waals surface area contributed by atoms with Crippen LogP contribution in [0.4, 0.5) is 5.95 Å². The maximum Gasteiger partial charge on any atom is 0.201 e. The Hall–Kier alpha value is -2.00. The number of fused-ring (bicyclic) bond motifs is 2. The number of aryl methyl sites for hydroxylation is 1. The van der Waals surface area contributed by atoms with Gasteiger partial charge in [-0.2, -0.15) is 0 Å². The van der Waals surface area contributed by atoms with Gasteiger partial charge in [0.05, 0.1) is 17.1 Å². The average Bonchev–Trinajstić information content (AvgIpc) is 2.90. The number of nitrogens with one attached hydrogen (secondary N) is 2. The van der Waals surface area contributed by atoms with Crippen LogP contribution in [0.3, 0.4) is 0 Å². The molecule has 1 aliphatic carbocycles. The van der Waals surface area contributed by atoms with Gasteiger partial charge < -0.3 is 10.3 Å². The van der Waals surface area contributed by atoms with Gasteiger partial charge in [-0.1, -0.05) is 36.4 Å². The fourth-order valence-corrected chi connectivity index (χ4v) is 3.09. The summed E-state index contributed by atoms with van der Waals surface area (Å²) in [5.74, 6) is 0.868. The Bertz CT molecular complexity index is 717. The molecule has 1 aliphatic rings. The number of H-pyrrole nitrogens is 1. The number of aromatic amines is 1. The monoisotopic (exact) mass is 299 g/mol. The largest absolute Gasteiger partial charge is 0.349 e. The summed E-state index contributed by atoms with van der Waals surface area (Å²) in [5.41, 5.74) is 4.98. The van der Waals surface area contributed by atoms with E-state index in [1.807, 2.05) is 18.2 Å². The van der Waals surface area contributed by atoms with Crippen molar-refractivity contribution in [1.29, 1.82) is 0 Å². The van der Waals surface area contributed by atoms with E-state index >= 15 is 0 Å². The summed E-state index contributed by atoms with van der Waals surface area (Å²) in [6, 6.07) is 17.2. The Labute approximate surface area is 130 Å². The zero-order chi connectivity index (χ0) is 13.4. The molecule has 0 spiro atoms. The fraction of sp³-hybridized carbons (Fsp3) is 0.235. The molecule has 0 fully saturated rings. The Morgan fingerprint density at radius 2 is 1.86 bits per heavy atom. The molecule has 1 heterocycles. The number of benzene rings is 2. The molecule has 0 saturated heterocycles. The average molecular weight is 300 g/mol. The number of halogens is 1. The van der Waals surface area contributed by atoms with Crippen LogP contribution in [0.25, 0.3) is 11.0 Å². The van der Waals surface area contributed by atoms with Crippen molar-refractivity contribution in [3.8, 4) is 0 Å². The van der Waals surface area contributed by atoms with Gasteiger partial charge in [-0.3, -0.25) is 0 Å². The van der Waals surface area contributed by atoms with Crippen LogP contribution in [0.15, 0.2) is 48.5 Å². The van der Waals surface area contributed by atoms with Crippen molar-refractivity contribution in [2.45, 2.75) is 25.3 Å². The molecule has 2 aromatic carbocycles. The number of para-hydroxylation sites is 2. The number of imidazole rings is 1. The third kappa shape index (κ3) is 2.61. The Morgan fingerprint density at radius 3 is 2.76 bits per heavy atom. The minimum Gasteiger partial charge on any atom is -0.349 e. The summed E-state index contributed by atoms with van der Waals surface area (Å²) in [6.45, 7) is 0. The molecule has 0 unspecified atom stereocenters. The second kappa shape index (κ2) is 5.78. The standard InChI is InChI=1S/C17H17N3.ClH/c1-2-8-13-12(6-1)7-5-11-14(13)18-17-19-15-9-3-4-10-16(15)20-17;/h1-4,6,8-10,14H,5,7,11H2,(H2,18,19,20);1H/t14-;/m1./s1. The summed E-state index contributed by atoms with van der Waals surface area (Å²) < 4.78 is 0. The van der Waals surface area contributed by atoms with Crippen LogP contribution >= 0.6 is 12.4 Å². The van der Waals surface area contributed by atoms with Crippen LogP contribution in [0, 0.1) is 0 Å². The predicted octanol–water partition coefficient (Wildman–Crippen LogP) is 4.47. The number of anilines is 1.